The smallest absolute Gasteiger partial charge is 0.134 e. The maximum Gasteiger partial charge on any atom is 0.134 e. The molecular weight excluding hydrogens is 318 g/mol. The van der Waals surface area contributed by atoms with Crippen LogP contribution in [0.15, 0.2) is 33.7 Å². The van der Waals surface area contributed by atoms with Gasteiger partial charge in [0.1, 0.15) is 17.2 Å². The molecule has 6 heteroatoms. The molecule has 6 nitrogen and oxygen atoms in total. The van der Waals surface area contributed by atoms with Crippen LogP contribution in [0.4, 0.5) is 0 Å². The first-order valence-electron chi connectivity index (χ1n) is 8.93. The van der Waals surface area contributed by atoms with Crippen molar-refractivity contribution in [3.63, 3.8) is 0 Å². The Hall–Kier alpha value is -1.89. The molecular formula is C19H27N3O3. The van der Waals surface area contributed by atoms with E-state index in [-0.39, 0.29) is 5.92 Å². The summed E-state index contributed by atoms with van der Waals surface area (Å²) in [5.41, 5.74) is 4.25. The fourth-order valence-electron chi connectivity index (χ4n) is 3.22. The lowest BCUT2D eigenvalue weighted by molar-refractivity contribution is 0.0394. The molecule has 1 saturated heterocycles. The van der Waals surface area contributed by atoms with Gasteiger partial charge in [-0.25, -0.2) is 0 Å². The van der Waals surface area contributed by atoms with E-state index in [4.69, 9.17) is 9.15 Å². The molecule has 0 saturated carbocycles. The highest BCUT2D eigenvalue weighted by molar-refractivity contribution is 5.90. The first-order valence-corrected chi connectivity index (χ1v) is 8.93. The van der Waals surface area contributed by atoms with Crippen LogP contribution in [0.2, 0.25) is 0 Å². The van der Waals surface area contributed by atoms with Gasteiger partial charge in [-0.05, 0) is 6.07 Å². The number of amidine groups is 1. The van der Waals surface area contributed by atoms with Gasteiger partial charge in [0.05, 0.1) is 19.8 Å². The number of fused-ring (bicyclic) bond motifs is 1. The predicted molar refractivity (Wildman–Crippen MR) is 98.5 cm³/mol. The number of benzene rings is 1. The molecule has 0 spiro atoms. The van der Waals surface area contributed by atoms with Crippen molar-refractivity contribution >= 4 is 16.8 Å². The Labute approximate surface area is 148 Å². The molecule has 1 fully saturated rings. The SMILES string of the molecule is CC(C)c1oc2ccccc2c1CC(=NCCN1CCOCC1)NO. The number of rotatable bonds is 6. The van der Waals surface area contributed by atoms with Gasteiger partial charge in [-0.3, -0.25) is 20.6 Å². The van der Waals surface area contributed by atoms with Crippen molar-refractivity contribution in [2.45, 2.75) is 26.2 Å². The molecule has 0 unspecified atom stereocenters. The first kappa shape index (κ1) is 17.9. The van der Waals surface area contributed by atoms with Crippen LogP contribution in [0.1, 0.15) is 31.1 Å². The van der Waals surface area contributed by atoms with E-state index in [1.54, 1.807) is 0 Å². The number of ether oxygens (including phenoxy) is 1. The summed E-state index contributed by atoms with van der Waals surface area (Å²) >= 11 is 0. The molecule has 25 heavy (non-hydrogen) atoms. The molecule has 0 radical (unpaired) electrons. The summed E-state index contributed by atoms with van der Waals surface area (Å²) in [6, 6.07) is 8.02. The molecule has 1 aromatic carbocycles. The Kier molecular flexibility index (Phi) is 6.07. The van der Waals surface area contributed by atoms with Gasteiger partial charge in [-0.15, -0.1) is 0 Å². The summed E-state index contributed by atoms with van der Waals surface area (Å²) in [7, 11) is 0. The highest BCUT2D eigenvalue weighted by Crippen LogP contribution is 2.31. The number of furan rings is 1. The lowest BCUT2D eigenvalue weighted by Gasteiger charge is -2.25. The molecule has 1 aliphatic heterocycles. The minimum absolute atomic E-state index is 0.274. The maximum absolute atomic E-state index is 9.52. The van der Waals surface area contributed by atoms with Crippen LogP contribution < -0.4 is 5.48 Å². The van der Waals surface area contributed by atoms with E-state index in [2.05, 4.69) is 35.3 Å². The fourth-order valence-corrected chi connectivity index (χ4v) is 3.22. The summed E-state index contributed by atoms with van der Waals surface area (Å²) in [5, 5.41) is 10.6. The van der Waals surface area contributed by atoms with Gasteiger partial charge in [0.15, 0.2) is 0 Å². The van der Waals surface area contributed by atoms with Gasteiger partial charge in [-0.2, -0.15) is 0 Å². The zero-order valence-corrected chi connectivity index (χ0v) is 15.0. The first-order chi connectivity index (χ1) is 12.2. The average molecular weight is 345 g/mol. The molecule has 136 valence electrons. The molecule has 1 aromatic heterocycles. The highest BCUT2D eigenvalue weighted by Gasteiger charge is 2.18. The standard InChI is InChI=1S/C19H27N3O3/c1-14(2)19-16(15-5-3-4-6-17(15)25-19)13-18(21-23)20-7-8-22-9-11-24-12-10-22/h3-6,14,23H,7-13H2,1-2H3,(H,20,21). The van der Waals surface area contributed by atoms with Crippen molar-refractivity contribution in [3.8, 4) is 0 Å². The number of nitrogens with one attached hydrogen (secondary N) is 1. The predicted octanol–water partition coefficient (Wildman–Crippen LogP) is 2.81. The van der Waals surface area contributed by atoms with Gasteiger partial charge >= 0.3 is 0 Å². The minimum atomic E-state index is 0.274. The van der Waals surface area contributed by atoms with Crippen molar-refractivity contribution in [1.29, 1.82) is 0 Å². The van der Waals surface area contributed by atoms with Gasteiger partial charge < -0.3 is 9.15 Å². The van der Waals surface area contributed by atoms with E-state index >= 15 is 0 Å². The van der Waals surface area contributed by atoms with Crippen LogP contribution in [0.5, 0.6) is 0 Å². The van der Waals surface area contributed by atoms with E-state index in [1.807, 2.05) is 18.2 Å². The molecule has 2 heterocycles. The summed E-state index contributed by atoms with van der Waals surface area (Å²) in [6.07, 6.45) is 0.532. The lowest BCUT2D eigenvalue weighted by Crippen LogP contribution is -2.38. The quantitative estimate of drug-likeness (QED) is 0.479. The van der Waals surface area contributed by atoms with Crippen LogP contribution in [-0.4, -0.2) is 55.3 Å². The van der Waals surface area contributed by atoms with Gasteiger partial charge in [0.25, 0.3) is 0 Å². The zero-order valence-electron chi connectivity index (χ0n) is 15.0. The van der Waals surface area contributed by atoms with Crippen molar-refractivity contribution < 1.29 is 14.4 Å². The summed E-state index contributed by atoms with van der Waals surface area (Å²) in [5.74, 6) is 1.80. The Morgan fingerprint density at radius 3 is 2.76 bits per heavy atom. The largest absolute Gasteiger partial charge is 0.460 e. The number of hydroxylamine groups is 1. The molecule has 3 rings (SSSR count). The second-order valence-electron chi connectivity index (χ2n) is 6.67. The normalized spacial score (nSPS) is 16.7. The average Bonchev–Trinajstić information content (AvgIpc) is 3.00. The molecule has 1 aliphatic rings. The van der Waals surface area contributed by atoms with Gasteiger partial charge in [0, 0.05) is 42.9 Å². The van der Waals surface area contributed by atoms with Crippen LogP contribution in [-0.2, 0) is 11.2 Å². The molecule has 0 aliphatic carbocycles. The van der Waals surface area contributed by atoms with E-state index in [0.29, 0.717) is 18.8 Å². The number of morpholine rings is 1. The van der Waals surface area contributed by atoms with Crippen molar-refractivity contribution in [3.05, 3.63) is 35.6 Å². The van der Waals surface area contributed by atoms with Gasteiger partial charge in [-0.1, -0.05) is 32.0 Å². The van der Waals surface area contributed by atoms with Crippen molar-refractivity contribution in [2.75, 3.05) is 39.4 Å². The molecule has 2 N–H and O–H groups in total. The number of hydrogen-bond donors (Lipinski definition) is 2. The van der Waals surface area contributed by atoms with Crippen LogP contribution in [0.25, 0.3) is 11.0 Å². The number of aliphatic imine (C=N–C) groups is 1. The fraction of sp³-hybridized carbons (Fsp3) is 0.526. The highest BCUT2D eigenvalue weighted by atomic mass is 16.5. The Morgan fingerprint density at radius 2 is 2.04 bits per heavy atom. The molecule has 0 atom stereocenters. The number of hydrogen-bond acceptors (Lipinski definition) is 5. The van der Waals surface area contributed by atoms with Crippen LogP contribution in [0.3, 0.4) is 0 Å². The third-order valence-corrected chi connectivity index (χ3v) is 4.55. The van der Waals surface area contributed by atoms with E-state index in [1.165, 1.54) is 0 Å². The minimum Gasteiger partial charge on any atom is -0.460 e. The summed E-state index contributed by atoms with van der Waals surface area (Å²) < 4.78 is 11.4. The molecule has 2 aromatic rings. The number of nitrogens with zero attached hydrogens (tertiary/aromatic N) is 2. The zero-order chi connectivity index (χ0) is 17.6. The van der Waals surface area contributed by atoms with E-state index < -0.39 is 0 Å². The van der Waals surface area contributed by atoms with Crippen molar-refractivity contribution in [1.82, 2.24) is 10.4 Å². The van der Waals surface area contributed by atoms with Crippen molar-refractivity contribution in [2.24, 2.45) is 4.99 Å². The monoisotopic (exact) mass is 345 g/mol. The lowest BCUT2D eigenvalue weighted by atomic mass is 10.0. The van der Waals surface area contributed by atoms with E-state index in [0.717, 1.165) is 55.1 Å². The second-order valence-corrected chi connectivity index (χ2v) is 6.67. The van der Waals surface area contributed by atoms with Gasteiger partial charge in [0.2, 0.25) is 0 Å². The third kappa shape index (κ3) is 4.39. The maximum atomic E-state index is 9.52. The van der Waals surface area contributed by atoms with Crippen LogP contribution >= 0.6 is 0 Å². The molecule has 0 bridgehead atoms. The third-order valence-electron chi connectivity index (χ3n) is 4.55. The Balaban J connectivity index is 1.73. The Bertz CT molecular complexity index is 718. The topological polar surface area (TPSA) is 70.2 Å². The summed E-state index contributed by atoms with van der Waals surface area (Å²) in [6.45, 7) is 9.21. The number of para-hydroxylation sites is 1. The van der Waals surface area contributed by atoms with Crippen LogP contribution in [0, 0.1) is 0 Å². The Morgan fingerprint density at radius 1 is 1.28 bits per heavy atom. The summed E-state index contributed by atoms with van der Waals surface area (Å²) in [4.78, 5) is 6.88. The molecule has 0 amide bonds. The van der Waals surface area contributed by atoms with E-state index in [9.17, 15) is 5.21 Å². The second kappa shape index (κ2) is 8.47.